The Hall–Kier alpha value is -1.98. The third-order valence-electron chi connectivity index (χ3n) is 3.70. The van der Waals surface area contributed by atoms with Crippen LogP contribution >= 0.6 is 0 Å². The average molecular weight is 340 g/mol. The minimum absolute atomic E-state index is 0.219. The number of carbonyl (C=O) groups is 2. The number of hydrogen-bond acceptors (Lipinski definition) is 2. The largest absolute Gasteiger partial charge is 0.348 e. The second kappa shape index (κ2) is 11.5. The average Bonchev–Trinajstić information content (AvgIpc) is 2.55. The van der Waals surface area contributed by atoms with E-state index in [9.17, 15) is 18.4 Å². The van der Waals surface area contributed by atoms with Gasteiger partial charge < -0.3 is 10.6 Å². The summed E-state index contributed by atoms with van der Waals surface area (Å²) in [5.41, 5.74) is -0.219. The van der Waals surface area contributed by atoms with Crippen molar-refractivity contribution in [3.05, 3.63) is 29.8 Å². The van der Waals surface area contributed by atoms with Crippen molar-refractivity contribution in [1.29, 1.82) is 0 Å². The third-order valence-corrected chi connectivity index (χ3v) is 3.70. The van der Waals surface area contributed by atoms with Crippen molar-refractivity contribution in [2.24, 2.45) is 0 Å². The van der Waals surface area contributed by atoms with E-state index in [4.69, 9.17) is 0 Å². The SMILES string of the molecule is CCCCCCCCCCNC(=O)C(=O)Nc1ccc(F)cc1F. The van der Waals surface area contributed by atoms with Gasteiger partial charge in [-0.1, -0.05) is 51.9 Å². The lowest BCUT2D eigenvalue weighted by Crippen LogP contribution is -2.36. The van der Waals surface area contributed by atoms with Gasteiger partial charge >= 0.3 is 11.8 Å². The zero-order valence-electron chi connectivity index (χ0n) is 14.2. The number of amides is 2. The standard InChI is InChI=1S/C18H26F2N2O2/c1-2-3-4-5-6-7-8-9-12-21-17(23)18(24)22-16-11-10-14(19)13-15(16)20/h10-11,13H,2-9,12H2,1H3,(H,21,23)(H,22,24). The second-order valence-electron chi connectivity index (χ2n) is 5.81. The van der Waals surface area contributed by atoms with Crippen molar-refractivity contribution in [2.45, 2.75) is 58.3 Å². The fourth-order valence-electron chi connectivity index (χ4n) is 2.31. The van der Waals surface area contributed by atoms with Gasteiger partial charge in [-0.2, -0.15) is 0 Å². The molecule has 0 saturated carbocycles. The van der Waals surface area contributed by atoms with Crippen LogP contribution < -0.4 is 10.6 Å². The molecule has 0 aliphatic carbocycles. The molecule has 0 unspecified atom stereocenters. The summed E-state index contributed by atoms with van der Waals surface area (Å²) >= 11 is 0. The smallest absolute Gasteiger partial charge is 0.313 e. The van der Waals surface area contributed by atoms with Gasteiger partial charge in [-0.15, -0.1) is 0 Å². The number of nitrogens with one attached hydrogen (secondary N) is 2. The van der Waals surface area contributed by atoms with Crippen LogP contribution in [0.3, 0.4) is 0 Å². The number of unbranched alkanes of at least 4 members (excludes halogenated alkanes) is 7. The highest BCUT2D eigenvalue weighted by Crippen LogP contribution is 2.14. The molecule has 2 amide bonds. The molecule has 0 fully saturated rings. The van der Waals surface area contributed by atoms with E-state index in [0.717, 1.165) is 31.4 Å². The van der Waals surface area contributed by atoms with Crippen LogP contribution in [0.25, 0.3) is 0 Å². The normalized spacial score (nSPS) is 10.5. The van der Waals surface area contributed by atoms with E-state index in [0.29, 0.717) is 12.6 Å². The molecule has 1 aromatic rings. The molecule has 1 aromatic carbocycles. The molecule has 0 bridgehead atoms. The first-order valence-electron chi connectivity index (χ1n) is 8.58. The topological polar surface area (TPSA) is 58.2 Å². The molecular weight excluding hydrogens is 314 g/mol. The maximum atomic E-state index is 13.4. The van der Waals surface area contributed by atoms with Crippen LogP contribution in [0.15, 0.2) is 18.2 Å². The fourth-order valence-corrected chi connectivity index (χ4v) is 2.31. The summed E-state index contributed by atoms with van der Waals surface area (Å²) in [5, 5.41) is 4.62. The van der Waals surface area contributed by atoms with Crippen LogP contribution in [0.5, 0.6) is 0 Å². The molecule has 0 radical (unpaired) electrons. The molecule has 0 spiro atoms. The molecule has 1 rings (SSSR count). The lowest BCUT2D eigenvalue weighted by molar-refractivity contribution is -0.136. The van der Waals surface area contributed by atoms with E-state index in [1.807, 2.05) is 0 Å². The minimum atomic E-state index is -0.958. The highest BCUT2D eigenvalue weighted by Gasteiger charge is 2.15. The molecule has 0 aromatic heterocycles. The molecule has 0 aliphatic rings. The van der Waals surface area contributed by atoms with Crippen molar-refractivity contribution in [3.8, 4) is 0 Å². The zero-order chi connectivity index (χ0) is 17.8. The van der Waals surface area contributed by atoms with Crippen LogP contribution in [-0.2, 0) is 9.59 Å². The number of carbonyl (C=O) groups excluding carboxylic acids is 2. The first kappa shape index (κ1) is 20.1. The van der Waals surface area contributed by atoms with Gasteiger partial charge in [0.1, 0.15) is 11.6 Å². The van der Waals surface area contributed by atoms with Gasteiger partial charge in [-0.25, -0.2) is 8.78 Å². The van der Waals surface area contributed by atoms with Crippen LogP contribution in [0.1, 0.15) is 58.3 Å². The van der Waals surface area contributed by atoms with Gasteiger partial charge in [-0.05, 0) is 18.6 Å². The van der Waals surface area contributed by atoms with Gasteiger partial charge in [0.15, 0.2) is 0 Å². The molecule has 0 heterocycles. The predicted octanol–water partition coefficient (Wildman–Crippen LogP) is 4.16. The highest BCUT2D eigenvalue weighted by atomic mass is 19.1. The molecule has 0 atom stereocenters. The quantitative estimate of drug-likeness (QED) is 0.496. The fraction of sp³-hybridized carbons (Fsp3) is 0.556. The van der Waals surface area contributed by atoms with Crippen molar-refractivity contribution >= 4 is 17.5 Å². The van der Waals surface area contributed by atoms with Crippen molar-refractivity contribution in [1.82, 2.24) is 5.32 Å². The summed E-state index contributed by atoms with van der Waals surface area (Å²) in [6.07, 6.45) is 9.14. The van der Waals surface area contributed by atoms with E-state index in [-0.39, 0.29) is 5.69 Å². The van der Waals surface area contributed by atoms with Gasteiger partial charge in [0.05, 0.1) is 5.69 Å². The van der Waals surface area contributed by atoms with Crippen molar-refractivity contribution in [2.75, 3.05) is 11.9 Å². The molecular formula is C18H26F2N2O2. The molecule has 4 nitrogen and oxygen atoms in total. The second-order valence-corrected chi connectivity index (χ2v) is 5.81. The van der Waals surface area contributed by atoms with Crippen molar-refractivity contribution < 1.29 is 18.4 Å². The Morgan fingerprint density at radius 1 is 0.917 bits per heavy atom. The van der Waals surface area contributed by atoms with Gasteiger partial charge in [-0.3, -0.25) is 9.59 Å². The lowest BCUT2D eigenvalue weighted by atomic mass is 10.1. The first-order valence-corrected chi connectivity index (χ1v) is 8.58. The number of rotatable bonds is 10. The Bertz CT molecular complexity index is 536. The van der Waals surface area contributed by atoms with Crippen LogP contribution in [-0.4, -0.2) is 18.4 Å². The predicted molar refractivity (Wildman–Crippen MR) is 90.6 cm³/mol. The van der Waals surface area contributed by atoms with Gasteiger partial charge in [0, 0.05) is 12.6 Å². The Morgan fingerprint density at radius 2 is 1.54 bits per heavy atom. The van der Waals surface area contributed by atoms with Gasteiger partial charge in [0.25, 0.3) is 0 Å². The molecule has 2 N–H and O–H groups in total. The van der Waals surface area contributed by atoms with Gasteiger partial charge in [0.2, 0.25) is 0 Å². The summed E-state index contributed by atoms with van der Waals surface area (Å²) in [6, 6.07) is 2.74. The molecule has 134 valence electrons. The van der Waals surface area contributed by atoms with E-state index in [2.05, 4.69) is 17.6 Å². The first-order chi connectivity index (χ1) is 11.5. The Labute approximate surface area is 142 Å². The van der Waals surface area contributed by atoms with E-state index < -0.39 is 23.4 Å². The Kier molecular flexibility index (Phi) is 9.65. The summed E-state index contributed by atoms with van der Waals surface area (Å²) < 4.78 is 26.2. The van der Waals surface area contributed by atoms with E-state index in [1.165, 1.54) is 32.1 Å². The maximum absolute atomic E-state index is 13.4. The van der Waals surface area contributed by atoms with Crippen LogP contribution in [0, 0.1) is 11.6 Å². The maximum Gasteiger partial charge on any atom is 0.313 e. The van der Waals surface area contributed by atoms with E-state index >= 15 is 0 Å². The molecule has 24 heavy (non-hydrogen) atoms. The number of benzene rings is 1. The highest BCUT2D eigenvalue weighted by molar-refractivity contribution is 6.39. The summed E-state index contributed by atoms with van der Waals surface area (Å²) in [5.74, 6) is -3.44. The van der Waals surface area contributed by atoms with Crippen LogP contribution in [0.2, 0.25) is 0 Å². The summed E-state index contributed by atoms with van der Waals surface area (Å²) in [4.78, 5) is 23.2. The summed E-state index contributed by atoms with van der Waals surface area (Å²) in [6.45, 7) is 2.59. The molecule has 0 saturated heterocycles. The third kappa shape index (κ3) is 8.04. The number of anilines is 1. The monoisotopic (exact) mass is 340 g/mol. The zero-order valence-corrected chi connectivity index (χ0v) is 14.2. The number of hydrogen-bond donors (Lipinski definition) is 2. The Morgan fingerprint density at radius 3 is 2.17 bits per heavy atom. The minimum Gasteiger partial charge on any atom is -0.348 e. The van der Waals surface area contributed by atoms with E-state index in [1.54, 1.807) is 0 Å². The van der Waals surface area contributed by atoms with Crippen molar-refractivity contribution in [3.63, 3.8) is 0 Å². The molecule has 6 heteroatoms. The number of halogens is 2. The van der Waals surface area contributed by atoms with Crippen LogP contribution in [0.4, 0.5) is 14.5 Å². The summed E-state index contributed by atoms with van der Waals surface area (Å²) in [7, 11) is 0. The Balaban J connectivity index is 2.15. The lowest BCUT2D eigenvalue weighted by Gasteiger charge is -2.07. The molecule has 0 aliphatic heterocycles.